The first-order valence-corrected chi connectivity index (χ1v) is 20.7. The molecule has 6 N–H and O–H groups in total. The number of carbonyl (C=O) groups is 6. The van der Waals surface area contributed by atoms with Crippen molar-refractivity contribution in [3.8, 4) is 5.75 Å². The smallest absolute Gasteiger partial charge is 0.326 e. The van der Waals surface area contributed by atoms with Crippen LogP contribution < -0.4 is 26.0 Å². The molecule has 53 heavy (non-hydrogen) atoms. The van der Waals surface area contributed by atoms with Crippen LogP contribution in [0.2, 0.25) is 0 Å². The van der Waals surface area contributed by atoms with Gasteiger partial charge in [0.25, 0.3) is 5.91 Å². The fourth-order valence-electron chi connectivity index (χ4n) is 5.41. The van der Waals surface area contributed by atoms with Crippen LogP contribution >= 0.6 is 67.8 Å². The Hall–Kier alpha value is -2.75. The third-order valence-electron chi connectivity index (χ3n) is 8.32. The van der Waals surface area contributed by atoms with Crippen LogP contribution in [0.4, 0.5) is 0 Å². The first kappa shape index (κ1) is 46.4. The Morgan fingerprint density at radius 1 is 0.774 bits per heavy atom. The van der Waals surface area contributed by atoms with E-state index in [0.717, 1.165) is 46.8 Å². The zero-order valence-electron chi connectivity index (χ0n) is 30.4. The van der Waals surface area contributed by atoms with Crippen molar-refractivity contribution in [3.63, 3.8) is 0 Å². The number of nitrogens with one attached hydrogen (secondary N) is 4. The predicted octanol–water partition coefficient (Wildman–Crippen LogP) is 5.62. The summed E-state index contributed by atoms with van der Waals surface area (Å²) in [5, 5.41) is 29.2. The van der Waals surface area contributed by atoms with Gasteiger partial charge in [-0.25, -0.2) is 4.79 Å². The van der Waals surface area contributed by atoms with Gasteiger partial charge in [0.05, 0.1) is 32.2 Å². The molecular weight excluding hydrogens is 1030 g/mol. The van der Waals surface area contributed by atoms with Gasteiger partial charge in [0, 0.05) is 23.1 Å². The fraction of sp³-hybridized carbons (Fsp3) is 0.514. The van der Waals surface area contributed by atoms with Crippen LogP contribution in [0, 0.1) is 16.6 Å². The molecule has 0 unspecified atom stereocenters. The van der Waals surface area contributed by atoms with Crippen LogP contribution in [0.15, 0.2) is 30.3 Å². The molecule has 2 aromatic carbocycles. The monoisotopic (exact) mass is 1070 g/mol. The standard InChI is InChI=1S/C37H49I3N4O9/c1-21(2)17-23-12-14-24(15-13-23)22(3)34(48)42-20-28(35(49)41-16-10-8-6-5-7-9-11-30(46)47)43-29(45)19-27(37(51)52)44-36(50)31-25(38)18-26(39)33(53-4)32(31)40/h12-15,18,21-22,27-28H,5-11,16-17,19-20H2,1-4H3,(H,41,49)(H,42,48)(H,43,45)(H,44,50)(H,46,47)(H,51,52)/t22-,27-,28+/m0/s1. The van der Waals surface area contributed by atoms with Gasteiger partial charge < -0.3 is 36.2 Å². The molecule has 2 aromatic rings. The quantitative estimate of drug-likeness (QED) is 0.0605. The molecule has 0 heterocycles. The summed E-state index contributed by atoms with van der Waals surface area (Å²) < 4.78 is 7.22. The summed E-state index contributed by atoms with van der Waals surface area (Å²) in [6.07, 6.45) is 5.01. The van der Waals surface area contributed by atoms with Crippen LogP contribution in [0.5, 0.6) is 5.75 Å². The molecule has 16 heteroatoms. The summed E-state index contributed by atoms with van der Waals surface area (Å²) in [6, 6.07) is 6.65. The average molecular weight is 1070 g/mol. The molecule has 292 valence electrons. The Bertz CT molecular complexity index is 1590. The minimum absolute atomic E-state index is 0.142. The highest BCUT2D eigenvalue weighted by molar-refractivity contribution is 14.1. The van der Waals surface area contributed by atoms with Gasteiger partial charge in [-0.2, -0.15) is 0 Å². The number of methoxy groups -OCH3 is 1. The van der Waals surface area contributed by atoms with Crippen molar-refractivity contribution < 1.29 is 43.7 Å². The van der Waals surface area contributed by atoms with Gasteiger partial charge in [-0.15, -0.1) is 0 Å². The number of aliphatic carboxylic acids is 2. The molecule has 3 atom stereocenters. The van der Waals surface area contributed by atoms with E-state index in [9.17, 15) is 33.9 Å². The fourth-order valence-corrected chi connectivity index (χ4v) is 9.71. The average Bonchev–Trinajstić information content (AvgIpc) is 3.08. The van der Waals surface area contributed by atoms with Crippen molar-refractivity contribution in [2.24, 2.45) is 5.92 Å². The third kappa shape index (κ3) is 16.3. The first-order chi connectivity index (χ1) is 25.0. The number of halogens is 3. The molecule has 0 aromatic heterocycles. The summed E-state index contributed by atoms with van der Waals surface area (Å²) in [5.41, 5.74) is 2.16. The lowest BCUT2D eigenvalue weighted by Crippen LogP contribution is -2.54. The van der Waals surface area contributed by atoms with E-state index < -0.39 is 54.1 Å². The Morgan fingerprint density at radius 3 is 1.98 bits per heavy atom. The molecule has 0 aliphatic heterocycles. The maximum Gasteiger partial charge on any atom is 0.326 e. The van der Waals surface area contributed by atoms with E-state index in [1.165, 1.54) is 7.11 Å². The lowest BCUT2D eigenvalue weighted by molar-refractivity contribution is -0.141. The number of hydrogen-bond donors (Lipinski definition) is 6. The molecule has 2 rings (SSSR count). The third-order valence-corrected chi connectivity index (χ3v) is 11.0. The number of carboxylic acids is 2. The highest BCUT2D eigenvalue weighted by Crippen LogP contribution is 2.33. The van der Waals surface area contributed by atoms with E-state index in [0.29, 0.717) is 38.2 Å². The molecule has 0 aliphatic rings. The SMILES string of the molecule is COc1c(I)cc(I)c(C(=O)N[C@@H](CC(=O)N[C@H](CNC(=O)[C@@H](C)c2ccc(CC(C)C)cc2)C(=O)NCCCCCCCCC(=O)O)C(=O)O)c1I. The van der Waals surface area contributed by atoms with Crippen molar-refractivity contribution >= 4 is 103 Å². The van der Waals surface area contributed by atoms with Gasteiger partial charge in [-0.3, -0.25) is 24.0 Å². The maximum atomic E-state index is 13.3. The predicted molar refractivity (Wildman–Crippen MR) is 226 cm³/mol. The lowest BCUT2D eigenvalue weighted by Gasteiger charge is -2.22. The number of carbonyl (C=O) groups excluding carboxylic acids is 4. The second kappa shape index (κ2) is 23.9. The number of unbranched alkanes of at least 4 members (excludes halogenated alkanes) is 5. The normalized spacial score (nSPS) is 12.7. The number of carboxylic acid groups (broad SMARTS) is 2. The number of hydrogen-bond acceptors (Lipinski definition) is 7. The Morgan fingerprint density at radius 2 is 1.40 bits per heavy atom. The largest absolute Gasteiger partial charge is 0.495 e. The van der Waals surface area contributed by atoms with Crippen LogP contribution in [0.1, 0.15) is 99.5 Å². The van der Waals surface area contributed by atoms with Crippen molar-refractivity contribution in [2.75, 3.05) is 20.2 Å². The Labute approximate surface area is 351 Å². The second-order valence-electron chi connectivity index (χ2n) is 13.1. The Kier molecular flexibility index (Phi) is 20.9. The molecule has 13 nitrogen and oxygen atoms in total. The van der Waals surface area contributed by atoms with Crippen LogP contribution in [0.25, 0.3) is 0 Å². The number of ether oxygens (including phenoxy) is 1. The molecule has 0 saturated carbocycles. The zero-order chi connectivity index (χ0) is 39.7. The van der Waals surface area contributed by atoms with Crippen molar-refractivity contribution in [2.45, 2.75) is 96.6 Å². The summed E-state index contributed by atoms with van der Waals surface area (Å²) in [6.45, 7) is 6.06. The molecule has 4 amide bonds. The molecule has 0 fully saturated rings. The van der Waals surface area contributed by atoms with Gasteiger partial charge in [0.15, 0.2) is 0 Å². The van der Waals surface area contributed by atoms with Gasteiger partial charge in [-0.1, -0.05) is 63.8 Å². The first-order valence-electron chi connectivity index (χ1n) is 17.5. The zero-order valence-corrected chi connectivity index (χ0v) is 36.8. The number of amides is 4. The topological polar surface area (TPSA) is 200 Å². The minimum Gasteiger partial charge on any atom is -0.495 e. The minimum atomic E-state index is -1.62. The van der Waals surface area contributed by atoms with Crippen molar-refractivity contribution in [1.82, 2.24) is 21.3 Å². The highest BCUT2D eigenvalue weighted by Gasteiger charge is 2.30. The Balaban J connectivity index is 2.11. The van der Waals surface area contributed by atoms with Gasteiger partial charge in [0.1, 0.15) is 17.8 Å². The van der Waals surface area contributed by atoms with E-state index >= 15 is 0 Å². The molecule has 0 bridgehead atoms. The van der Waals surface area contributed by atoms with E-state index in [1.54, 1.807) is 13.0 Å². The molecular formula is C37H49I3N4O9. The van der Waals surface area contributed by atoms with Crippen LogP contribution in [-0.2, 0) is 30.4 Å². The van der Waals surface area contributed by atoms with E-state index in [4.69, 9.17) is 9.84 Å². The summed E-state index contributed by atoms with van der Waals surface area (Å²) in [4.78, 5) is 75.9. The highest BCUT2D eigenvalue weighted by atomic mass is 127. The summed E-state index contributed by atoms with van der Waals surface area (Å²) >= 11 is 6.00. The van der Waals surface area contributed by atoms with E-state index in [2.05, 4.69) is 57.7 Å². The maximum absolute atomic E-state index is 13.3. The van der Waals surface area contributed by atoms with E-state index in [-0.39, 0.29) is 24.4 Å². The van der Waals surface area contributed by atoms with Crippen molar-refractivity contribution in [3.05, 3.63) is 57.7 Å². The molecule has 0 saturated heterocycles. The van der Waals surface area contributed by atoms with Crippen molar-refractivity contribution in [1.29, 1.82) is 0 Å². The molecule has 0 radical (unpaired) electrons. The molecule has 0 aliphatic carbocycles. The second-order valence-corrected chi connectivity index (χ2v) is 16.5. The lowest BCUT2D eigenvalue weighted by atomic mass is 9.96. The van der Waals surface area contributed by atoms with Gasteiger partial charge >= 0.3 is 11.9 Å². The van der Waals surface area contributed by atoms with Crippen LogP contribution in [0.3, 0.4) is 0 Å². The number of rotatable bonds is 23. The number of benzene rings is 2. The summed E-state index contributed by atoms with van der Waals surface area (Å²) in [7, 11) is 1.47. The molecule has 0 spiro atoms. The van der Waals surface area contributed by atoms with Gasteiger partial charge in [-0.05, 0) is 117 Å². The van der Waals surface area contributed by atoms with E-state index in [1.807, 2.05) is 69.4 Å². The summed E-state index contributed by atoms with van der Waals surface area (Å²) in [5.74, 6) is -4.28. The van der Waals surface area contributed by atoms with Crippen LogP contribution in [-0.4, -0.2) is 78.1 Å². The van der Waals surface area contributed by atoms with Gasteiger partial charge in [0.2, 0.25) is 17.7 Å².